The summed E-state index contributed by atoms with van der Waals surface area (Å²) in [4.78, 5) is 11.2. The van der Waals surface area contributed by atoms with Crippen LogP contribution in [0.25, 0.3) is 17.2 Å². The van der Waals surface area contributed by atoms with Crippen molar-refractivity contribution in [1.29, 1.82) is 0 Å². The van der Waals surface area contributed by atoms with E-state index in [0.717, 1.165) is 11.6 Å². The summed E-state index contributed by atoms with van der Waals surface area (Å²) in [5, 5.41) is 9.37. The zero-order chi connectivity index (χ0) is 18.4. The van der Waals surface area contributed by atoms with Crippen molar-refractivity contribution in [3.63, 3.8) is 0 Å². The van der Waals surface area contributed by atoms with Crippen molar-refractivity contribution >= 4 is 23.6 Å². The minimum absolute atomic E-state index is 0.0411. The van der Waals surface area contributed by atoms with Crippen molar-refractivity contribution in [2.45, 2.75) is 19.2 Å². The van der Waals surface area contributed by atoms with Gasteiger partial charge in [-0.1, -0.05) is 41.4 Å². The Morgan fingerprint density at radius 2 is 1.84 bits per heavy atom. The Kier molecular flexibility index (Phi) is 4.24. The van der Waals surface area contributed by atoms with Crippen molar-refractivity contribution in [3.8, 4) is 16.9 Å². The maximum Gasteiger partial charge on any atom is 0.430 e. The lowest BCUT2D eigenvalue weighted by Crippen LogP contribution is -2.40. The number of halogens is 4. The molecule has 25 heavy (non-hydrogen) atoms. The van der Waals surface area contributed by atoms with Crippen LogP contribution in [0.2, 0.25) is 5.02 Å². The first-order valence-electron chi connectivity index (χ1n) is 7.25. The molecule has 0 saturated carbocycles. The van der Waals surface area contributed by atoms with E-state index in [1.165, 1.54) is 12.1 Å². The third-order valence-corrected chi connectivity index (χ3v) is 4.04. The number of aliphatic carboxylic acids is 1. The number of ether oxygens (including phenoxy) is 1. The molecule has 3 rings (SSSR count). The zero-order valence-corrected chi connectivity index (χ0v) is 13.7. The van der Waals surface area contributed by atoms with Crippen LogP contribution >= 0.6 is 11.6 Å². The highest BCUT2D eigenvalue weighted by molar-refractivity contribution is 6.31. The summed E-state index contributed by atoms with van der Waals surface area (Å²) in [6.07, 6.45) is -6.43. The molecule has 1 heterocycles. The number of hydrogen-bond donors (Lipinski definition) is 1. The molecular formula is C18H12ClF3O3. The van der Waals surface area contributed by atoms with Crippen LogP contribution in [0.1, 0.15) is 11.1 Å². The van der Waals surface area contributed by atoms with E-state index in [1.807, 2.05) is 19.1 Å². The zero-order valence-electron chi connectivity index (χ0n) is 12.9. The van der Waals surface area contributed by atoms with Crippen LogP contribution in [0.4, 0.5) is 13.2 Å². The maximum absolute atomic E-state index is 13.3. The Hall–Kier alpha value is -2.47. The fourth-order valence-corrected chi connectivity index (χ4v) is 2.87. The molecule has 1 atom stereocenters. The second kappa shape index (κ2) is 6.11. The standard InChI is InChI=1S/C18H12ClF3O3/c1-9-2-4-10(5-3-9)13-8-12(19)6-11-7-14(17(23)24)16(18(20,21)22)25-15(11)13/h2-8,16H,1H3,(H,23,24). The van der Waals surface area contributed by atoms with E-state index in [2.05, 4.69) is 0 Å². The van der Waals surface area contributed by atoms with Crippen molar-refractivity contribution in [2.75, 3.05) is 0 Å². The van der Waals surface area contributed by atoms with Crippen LogP contribution in [0.3, 0.4) is 0 Å². The molecule has 0 bridgehead atoms. The summed E-state index contributed by atoms with van der Waals surface area (Å²) < 4.78 is 44.9. The Bertz CT molecular complexity index is 870. The number of fused-ring (bicyclic) bond motifs is 1. The van der Waals surface area contributed by atoms with Gasteiger partial charge < -0.3 is 9.84 Å². The van der Waals surface area contributed by atoms with Gasteiger partial charge in [0.1, 0.15) is 5.75 Å². The molecule has 7 heteroatoms. The lowest BCUT2D eigenvalue weighted by Gasteiger charge is -2.28. The molecule has 0 aliphatic carbocycles. The molecule has 1 aliphatic heterocycles. The van der Waals surface area contributed by atoms with Crippen molar-refractivity contribution in [1.82, 2.24) is 0 Å². The maximum atomic E-state index is 13.3. The number of carboxylic acids is 1. The van der Waals surface area contributed by atoms with Crippen molar-refractivity contribution in [2.24, 2.45) is 0 Å². The molecule has 1 N–H and O–H groups in total. The quantitative estimate of drug-likeness (QED) is 0.801. The number of aryl methyl sites for hydroxylation is 1. The SMILES string of the molecule is Cc1ccc(-c2cc(Cl)cc3c2OC(C(F)(F)F)C(C(=O)O)=C3)cc1. The molecule has 0 saturated heterocycles. The number of alkyl halides is 3. The first-order chi connectivity index (χ1) is 11.7. The smallest absolute Gasteiger partial charge is 0.430 e. The van der Waals surface area contributed by atoms with Gasteiger partial charge in [0.25, 0.3) is 0 Å². The molecular weight excluding hydrogens is 357 g/mol. The van der Waals surface area contributed by atoms with Crippen LogP contribution in [-0.2, 0) is 4.79 Å². The van der Waals surface area contributed by atoms with E-state index in [9.17, 15) is 18.0 Å². The number of benzene rings is 2. The van der Waals surface area contributed by atoms with Crippen LogP contribution in [0, 0.1) is 6.92 Å². The van der Waals surface area contributed by atoms with Crippen LogP contribution < -0.4 is 4.74 Å². The van der Waals surface area contributed by atoms with Crippen molar-refractivity contribution < 1.29 is 27.8 Å². The average molecular weight is 369 g/mol. The van der Waals surface area contributed by atoms with Gasteiger partial charge in [0.05, 0.1) is 5.57 Å². The highest BCUT2D eigenvalue weighted by Gasteiger charge is 2.48. The van der Waals surface area contributed by atoms with Gasteiger partial charge in [-0.3, -0.25) is 0 Å². The van der Waals surface area contributed by atoms with E-state index in [4.69, 9.17) is 21.4 Å². The van der Waals surface area contributed by atoms with Gasteiger partial charge in [0, 0.05) is 16.1 Å². The molecule has 0 aromatic heterocycles. The summed E-state index contributed by atoms with van der Waals surface area (Å²) in [7, 11) is 0. The van der Waals surface area contributed by atoms with E-state index >= 15 is 0 Å². The second-order valence-corrected chi connectivity index (χ2v) is 6.12. The third kappa shape index (κ3) is 3.35. The molecule has 3 nitrogen and oxygen atoms in total. The number of carbonyl (C=O) groups is 1. The first kappa shape index (κ1) is 17.4. The highest BCUT2D eigenvalue weighted by atomic mass is 35.5. The Labute approximate surface area is 146 Å². The van der Waals surface area contributed by atoms with Gasteiger partial charge >= 0.3 is 12.1 Å². The van der Waals surface area contributed by atoms with E-state index in [-0.39, 0.29) is 16.3 Å². The van der Waals surface area contributed by atoms with Gasteiger partial charge in [-0.15, -0.1) is 0 Å². The minimum atomic E-state index is -4.86. The van der Waals surface area contributed by atoms with E-state index in [1.54, 1.807) is 12.1 Å². The number of rotatable bonds is 2. The molecule has 0 fully saturated rings. The summed E-state index contributed by atoms with van der Waals surface area (Å²) in [5.74, 6) is -1.73. The Balaban J connectivity index is 2.22. The fourth-order valence-electron chi connectivity index (χ4n) is 2.64. The van der Waals surface area contributed by atoms with Gasteiger partial charge in [0.2, 0.25) is 6.10 Å². The third-order valence-electron chi connectivity index (χ3n) is 3.82. The topological polar surface area (TPSA) is 46.5 Å². The van der Waals surface area contributed by atoms with Gasteiger partial charge in [0.15, 0.2) is 0 Å². The predicted octanol–water partition coefficient (Wildman–Crippen LogP) is 5.11. The van der Waals surface area contributed by atoms with Gasteiger partial charge in [-0.05, 0) is 30.7 Å². The highest BCUT2D eigenvalue weighted by Crippen LogP contribution is 2.44. The molecule has 2 aromatic rings. The monoisotopic (exact) mass is 368 g/mol. The number of carboxylic acid groups (broad SMARTS) is 1. The van der Waals surface area contributed by atoms with E-state index in [0.29, 0.717) is 11.1 Å². The van der Waals surface area contributed by atoms with E-state index < -0.39 is 23.8 Å². The largest absolute Gasteiger partial charge is 0.478 e. The summed E-state index contributed by atoms with van der Waals surface area (Å²) in [6.45, 7) is 1.88. The lowest BCUT2D eigenvalue weighted by molar-refractivity contribution is -0.187. The molecule has 1 unspecified atom stereocenters. The average Bonchev–Trinajstić information content (AvgIpc) is 2.52. The second-order valence-electron chi connectivity index (χ2n) is 5.68. The summed E-state index contributed by atoms with van der Waals surface area (Å²) >= 11 is 6.06. The molecule has 0 amide bonds. The van der Waals surface area contributed by atoms with Crippen molar-refractivity contribution in [3.05, 3.63) is 58.1 Å². The van der Waals surface area contributed by atoms with Crippen LogP contribution in [0.15, 0.2) is 42.0 Å². The molecule has 130 valence electrons. The molecule has 2 aromatic carbocycles. The predicted molar refractivity (Wildman–Crippen MR) is 87.7 cm³/mol. The summed E-state index contributed by atoms with van der Waals surface area (Å²) in [5.41, 5.74) is 1.30. The van der Waals surface area contributed by atoms with Gasteiger partial charge in [-0.2, -0.15) is 13.2 Å². The first-order valence-corrected chi connectivity index (χ1v) is 7.63. The lowest BCUT2D eigenvalue weighted by atomic mass is 9.95. The summed E-state index contributed by atoms with van der Waals surface area (Å²) in [6, 6.07) is 9.98. The fraction of sp³-hybridized carbons (Fsp3) is 0.167. The van der Waals surface area contributed by atoms with Crippen LogP contribution in [-0.4, -0.2) is 23.4 Å². The minimum Gasteiger partial charge on any atom is -0.478 e. The molecule has 0 spiro atoms. The Morgan fingerprint density at radius 1 is 1.20 bits per heavy atom. The van der Waals surface area contributed by atoms with Gasteiger partial charge in [-0.25, -0.2) is 4.79 Å². The molecule has 1 aliphatic rings. The Morgan fingerprint density at radius 3 is 2.40 bits per heavy atom. The van der Waals surface area contributed by atoms with Crippen LogP contribution in [0.5, 0.6) is 5.75 Å². The normalized spacial score (nSPS) is 16.7. The number of hydrogen-bond acceptors (Lipinski definition) is 2. The molecule has 0 radical (unpaired) electrons.